The van der Waals surface area contributed by atoms with E-state index in [0.717, 1.165) is 49.7 Å². The van der Waals surface area contributed by atoms with E-state index in [0.29, 0.717) is 19.0 Å². The molecule has 0 saturated carbocycles. The number of amides is 2. The molecule has 2 aromatic heterocycles. The van der Waals surface area contributed by atoms with Crippen LogP contribution in [0.5, 0.6) is 0 Å². The molecule has 1 aliphatic rings. The summed E-state index contributed by atoms with van der Waals surface area (Å²) in [6, 6.07) is 5.96. The van der Waals surface area contributed by atoms with Crippen molar-refractivity contribution in [3.8, 4) is 0 Å². The van der Waals surface area contributed by atoms with Crippen LogP contribution in [0.1, 0.15) is 42.8 Å². The summed E-state index contributed by atoms with van der Waals surface area (Å²) in [6.45, 7) is 6.85. The Morgan fingerprint density at radius 3 is 2.74 bits per heavy atom. The van der Waals surface area contributed by atoms with Crippen LogP contribution in [0.4, 0.5) is 10.6 Å². The summed E-state index contributed by atoms with van der Waals surface area (Å²) in [5.74, 6) is 2.12. The lowest BCUT2D eigenvalue weighted by Crippen LogP contribution is -2.53. The van der Waals surface area contributed by atoms with E-state index in [4.69, 9.17) is 0 Å². The van der Waals surface area contributed by atoms with E-state index in [2.05, 4.69) is 32.5 Å². The van der Waals surface area contributed by atoms with E-state index in [9.17, 15) is 4.79 Å². The molecule has 7 nitrogen and oxygen atoms in total. The molecule has 0 bridgehead atoms. The zero-order valence-electron chi connectivity index (χ0n) is 16.1. The van der Waals surface area contributed by atoms with E-state index in [-0.39, 0.29) is 6.03 Å². The van der Waals surface area contributed by atoms with Gasteiger partial charge in [-0.15, -0.1) is 0 Å². The normalized spacial score (nSPS) is 13.9. The van der Waals surface area contributed by atoms with Crippen LogP contribution >= 0.6 is 0 Å². The van der Waals surface area contributed by atoms with Crippen molar-refractivity contribution < 1.29 is 4.79 Å². The summed E-state index contributed by atoms with van der Waals surface area (Å²) < 4.78 is 0. The van der Waals surface area contributed by atoms with Gasteiger partial charge in [0.15, 0.2) is 0 Å². The van der Waals surface area contributed by atoms with E-state index in [1.807, 2.05) is 30.0 Å². The predicted octanol–water partition coefficient (Wildman–Crippen LogP) is 2.74. The van der Waals surface area contributed by atoms with Crippen molar-refractivity contribution in [2.24, 2.45) is 0 Å². The highest BCUT2D eigenvalue weighted by molar-refractivity contribution is 5.75. The van der Waals surface area contributed by atoms with Gasteiger partial charge < -0.3 is 15.5 Å². The van der Waals surface area contributed by atoms with Crippen LogP contribution in [0.3, 0.4) is 0 Å². The van der Waals surface area contributed by atoms with Crippen molar-refractivity contribution in [3.05, 3.63) is 47.7 Å². The Labute approximate surface area is 160 Å². The molecule has 1 saturated heterocycles. The summed E-state index contributed by atoms with van der Waals surface area (Å²) in [6.07, 6.45) is 6.72. The lowest BCUT2D eigenvalue weighted by atomic mass is 9.93. The molecule has 1 fully saturated rings. The van der Waals surface area contributed by atoms with Gasteiger partial charge in [0.05, 0.1) is 0 Å². The van der Waals surface area contributed by atoms with Crippen LogP contribution < -0.4 is 10.6 Å². The standard InChI is InChI=1S/C20H28N6O/c1-3-4-5-18-24-15(2)12-19(25-18)22-10-11-23-20(27)26-13-17(14-26)16-6-8-21-9-7-16/h6-9,12,17H,3-5,10-11,13-14H2,1-2H3,(H,23,27)(H,22,24,25). The number of anilines is 1. The van der Waals surface area contributed by atoms with Crippen LogP contribution in [-0.2, 0) is 6.42 Å². The number of carbonyl (C=O) groups excluding carboxylic acids is 1. The van der Waals surface area contributed by atoms with Crippen LogP contribution in [-0.4, -0.2) is 52.1 Å². The smallest absolute Gasteiger partial charge is 0.317 e. The summed E-state index contributed by atoms with van der Waals surface area (Å²) in [5, 5.41) is 6.24. The Hall–Kier alpha value is -2.70. The number of rotatable bonds is 8. The Balaban J connectivity index is 1.37. The first-order valence-corrected chi connectivity index (χ1v) is 9.67. The number of aromatic nitrogens is 3. The summed E-state index contributed by atoms with van der Waals surface area (Å²) in [4.78, 5) is 27.1. The maximum Gasteiger partial charge on any atom is 0.317 e. The van der Waals surface area contributed by atoms with Gasteiger partial charge in [-0.2, -0.15) is 0 Å². The predicted molar refractivity (Wildman–Crippen MR) is 106 cm³/mol. The Morgan fingerprint density at radius 2 is 2.00 bits per heavy atom. The molecule has 3 heterocycles. The molecule has 1 aliphatic heterocycles. The molecule has 0 atom stereocenters. The molecule has 0 aromatic carbocycles. The second-order valence-electron chi connectivity index (χ2n) is 6.96. The third-order valence-corrected chi connectivity index (χ3v) is 4.71. The Bertz CT molecular complexity index is 745. The summed E-state index contributed by atoms with van der Waals surface area (Å²) in [7, 11) is 0. The molecule has 2 N–H and O–H groups in total. The van der Waals surface area contributed by atoms with Gasteiger partial charge in [-0.25, -0.2) is 14.8 Å². The van der Waals surface area contributed by atoms with Crippen LogP contribution in [0.15, 0.2) is 30.6 Å². The SMILES string of the molecule is CCCCc1nc(C)cc(NCCNC(=O)N2CC(c3ccncc3)C2)n1. The number of pyridine rings is 1. The van der Waals surface area contributed by atoms with Gasteiger partial charge in [0.1, 0.15) is 11.6 Å². The summed E-state index contributed by atoms with van der Waals surface area (Å²) in [5.41, 5.74) is 2.21. The minimum absolute atomic E-state index is 0.00962. The quantitative estimate of drug-likeness (QED) is 0.700. The molecule has 2 amide bonds. The fourth-order valence-corrected chi connectivity index (χ4v) is 3.13. The maximum absolute atomic E-state index is 12.2. The van der Waals surface area contributed by atoms with Crippen molar-refractivity contribution in [1.82, 2.24) is 25.2 Å². The highest BCUT2D eigenvalue weighted by atomic mass is 16.2. The van der Waals surface area contributed by atoms with Crippen molar-refractivity contribution in [1.29, 1.82) is 0 Å². The van der Waals surface area contributed by atoms with Gasteiger partial charge in [-0.3, -0.25) is 4.98 Å². The monoisotopic (exact) mass is 368 g/mol. The highest BCUT2D eigenvalue weighted by Crippen LogP contribution is 2.26. The van der Waals surface area contributed by atoms with Crippen molar-refractivity contribution >= 4 is 11.8 Å². The second-order valence-corrected chi connectivity index (χ2v) is 6.96. The first kappa shape index (κ1) is 19.1. The van der Waals surface area contributed by atoms with E-state index < -0.39 is 0 Å². The third-order valence-electron chi connectivity index (χ3n) is 4.71. The van der Waals surface area contributed by atoms with Gasteiger partial charge in [-0.05, 0) is 31.0 Å². The average Bonchev–Trinajstić information content (AvgIpc) is 2.63. The molecule has 0 aliphatic carbocycles. The first-order chi connectivity index (χ1) is 13.2. The molecule has 144 valence electrons. The van der Waals surface area contributed by atoms with Crippen molar-refractivity contribution in [3.63, 3.8) is 0 Å². The van der Waals surface area contributed by atoms with E-state index in [1.165, 1.54) is 5.56 Å². The molecule has 0 radical (unpaired) electrons. The van der Waals surface area contributed by atoms with Gasteiger partial charge in [0, 0.05) is 62.7 Å². The molecule has 27 heavy (non-hydrogen) atoms. The van der Waals surface area contributed by atoms with Gasteiger partial charge in [0.2, 0.25) is 0 Å². The summed E-state index contributed by atoms with van der Waals surface area (Å²) >= 11 is 0. The van der Waals surface area contributed by atoms with E-state index >= 15 is 0 Å². The number of aryl methyl sites for hydroxylation is 2. The van der Waals surface area contributed by atoms with Gasteiger partial charge >= 0.3 is 6.03 Å². The number of urea groups is 1. The Kier molecular flexibility index (Phi) is 6.57. The number of nitrogens with zero attached hydrogens (tertiary/aromatic N) is 4. The third kappa shape index (κ3) is 5.39. The number of nitrogens with one attached hydrogen (secondary N) is 2. The average molecular weight is 368 g/mol. The molecular weight excluding hydrogens is 340 g/mol. The largest absolute Gasteiger partial charge is 0.368 e. The fourth-order valence-electron chi connectivity index (χ4n) is 3.13. The molecule has 0 spiro atoms. The highest BCUT2D eigenvalue weighted by Gasteiger charge is 2.31. The molecule has 2 aromatic rings. The molecule has 7 heteroatoms. The van der Waals surface area contributed by atoms with Crippen LogP contribution in [0, 0.1) is 6.92 Å². The first-order valence-electron chi connectivity index (χ1n) is 9.67. The van der Waals surface area contributed by atoms with Crippen LogP contribution in [0.25, 0.3) is 0 Å². The van der Waals surface area contributed by atoms with Crippen molar-refractivity contribution in [2.45, 2.75) is 39.0 Å². The number of hydrogen-bond acceptors (Lipinski definition) is 5. The van der Waals surface area contributed by atoms with Crippen LogP contribution in [0.2, 0.25) is 0 Å². The lowest BCUT2D eigenvalue weighted by Gasteiger charge is -2.39. The lowest BCUT2D eigenvalue weighted by molar-refractivity contribution is 0.151. The topological polar surface area (TPSA) is 83.0 Å². The molecule has 0 unspecified atom stereocenters. The van der Waals surface area contributed by atoms with Crippen molar-refractivity contribution in [2.75, 3.05) is 31.5 Å². The zero-order chi connectivity index (χ0) is 19.1. The van der Waals surface area contributed by atoms with Gasteiger partial charge in [0.25, 0.3) is 0 Å². The number of carbonyl (C=O) groups is 1. The minimum atomic E-state index is -0.00962. The zero-order valence-corrected chi connectivity index (χ0v) is 16.1. The van der Waals surface area contributed by atoms with Gasteiger partial charge in [-0.1, -0.05) is 13.3 Å². The Morgan fingerprint density at radius 1 is 1.22 bits per heavy atom. The molecular formula is C20H28N6O. The fraction of sp³-hybridized carbons (Fsp3) is 0.500. The van der Waals surface area contributed by atoms with E-state index in [1.54, 1.807) is 12.4 Å². The minimum Gasteiger partial charge on any atom is -0.368 e. The second kappa shape index (κ2) is 9.30. The molecule has 3 rings (SSSR count). The maximum atomic E-state index is 12.2. The number of unbranched alkanes of at least 4 members (excludes halogenated alkanes) is 1. The number of hydrogen-bond donors (Lipinski definition) is 2. The number of likely N-dealkylation sites (tertiary alicyclic amines) is 1.